The van der Waals surface area contributed by atoms with Gasteiger partial charge >= 0.3 is 0 Å². The normalized spacial score (nSPS) is 16.0. The third kappa shape index (κ3) is 3.02. The van der Waals surface area contributed by atoms with Crippen LogP contribution in [0.15, 0.2) is 42.2 Å². The lowest BCUT2D eigenvalue weighted by Crippen LogP contribution is -2.33. The van der Waals surface area contributed by atoms with Crippen LogP contribution in [-0.2, 0) is 11.3 Å². The second-order valence-corrected chi connectivity index (χ2v) is 7.00. The Morgan fingerprint density at radius 2 is 1.88 bits per heavy atom. The topological polar surface area (TPSA) is 41.1 Å². The van der Waals surface area contributed by atoms with Crippen LogP contribution in [0.5, 0.6) is 0 Å². The Morgan fingerprint density at radius 3 is 2.58 bits per heavy atom. The van der Waals surface area contributed by atoms with Crippen LogP contribution in [0, 0.1) is 5.92 Å². The highest BCUT2D eigenvalue weighted by atomic mass is 35.5. The van der Waals surface area contributed by atoms with E-state index in [1.54, 1.807) is 0 Å². The maximum Gasteiger partial charge on any atom is 0.228 e. The summed E-state index contributed by atoms with van der Waals surface area (Å²) in [5.74, 6) is 1.07. The molecule has 4 rings (SSSR count). The van der Waals surface area contributed by atoms with Crippen molar-refractivity contribution in [2.24, 2.45) is 5.92 Å². The van der Waals surface area contributed by atoms with Crippen LogP contribution in [-0.4, -0.2) is 5.91 Å². The van der Waals surface area contributed by atoms with Gasteiger partial charge in [-0.1, -0.05) is 41.4 Å². The lowest BCUT2D eigenvalue weighted by Gasteiger charge is -2.20. The van der Waals surface area contributed by atoms with Gasteiger partial charge in [0.1, 0.15) is 5.82 Å². The van der Waals surface area contributed by atoms with E-state index in [-0.39, 0.29) is 11.8 Å². The molecule has 1 aliphatic carbocycles. The number of fused-ring (bicyclic) bond motifs is 1. The number of hydrogen-bond acceptors (Lipinski definition) is 2. The summed E-state index contributed by atoms with van der Waals surface area (Å²) in [7, 11) is 0. The van der Waals surface area contributed by atoms with Crippen LogP contribution in [0.4, 0.5) is 0 Å². The Hall–Kier alpha value is -1.97. The first-order chi connectivity index (χ1) is 11.6. The molecule has 0 saturated heterocycles. The van der Waals surface area contributed by atoms with Gasteiger partial charge < -0.3 is 10.6 Å². The lowest BCUT2D eigenvalue weighted by molar-refractivity contribution is -0.121. The van der Waals surface area contributed by atoms with Gasteiger partial charge in [-0.2, -0.15) is 0 Å². The Balaban J connectivity index is 1.63. The molecule has 0 unspecified atom stereocenters. The SMILES string of the molecule is O=C(NC1=Cc2ccc(-c3c(Cl)cccc3Cl)cc2CN1)C1CC1. The number of carbonyl (C=O) groups is 1. The molecule has 0 bridgehead atoms. The molecule has 5 heteroatoms. The number of hydrogen-bond donors (Lipinski definition) is 2. The zero-order valence-electron chi connectivity index (χ0n) is 12.9. The van der Waals surface area contributed by atoms with Gasteiger partial charge in [-0.3, -0.25) is 4.79 Å². The van der Waals surface area contributed by atoms with E-state index in [1.807, 2.05) is 36.4 Å². The van der Waals surface area contributed by atoms with Gasteiger partial charge in [-0.15, -0.1) is 0 Å². The summed E-state index contributed by atoms with van der Waals surface area (Å²) in [6.45, 7) is 0.655. The van der Waals surface area contributed by atoms with Crippen molar-refractivity contribution in [2.45, 2.75) is 19.4 Å². The summed E-state index contributed by atoms with van der Waals surface area (Å²) < 4.78 is 0. The molecule has 3 nitrogen and oxygen atoms in total. The molecule has 1 aliphatic heterocycles. The molecule has 2 aliphatic rings. The molecule has 1 heterocycles. The fourth-order valence-electron chi connectivity index (χ4n) is 2.89. The Bertz CT molecular complexity index is 836. The molecule has 1 fully saturated rings. The third-order valence-corrected chi connectivity index (χ3v) is 5.00. The van der Waals surface area contributed by atoms with E-state index in [9.17, 15) is 4.79 Å². The van der Waals surface area contributed by atoms with Crippen molar-refractivity contribution in [1.29, 1.82) is 0 Å². The van der Waals surface area contributed by atoms with Gasteiger partial charge in [0.15, 0.2) is 0 Å². The van der Waals surface area contributed by atoms with Gasteiger partial charge in [-0.05, 0) is 53.8 Å². The molecule has 2 N–H and O–H groups in total. The van der Waals surface area contributed by atoms with Crippen molar-refractivity contribution in [2.75, 3.05) is 0 Å². The average molecular weight is 359 g/mol. The molecule has 1 amide bonds. The van der Waals surface area contributed by atoms with Crippen LogP contribution >= 0.6 is 23.2 Å². The first kappa shape index (κ1) is 15.6. The summed E-state index contributed by atoms with van der Waals surface area (Å²) in [5, 5.41) is 7.49. The standard InChI is InChI=1S/C19H16Cl2N2O/c20-15-2-1-3-16(21)18(15)13-7-6-12-9-17(22-10-14(12)8-13)23-19(24)11-4-5-11/h1-3,6-9,11,22H,4-5,10H2,(H,23,24). The monoisotopic (exact) mass is 358 g/mol. The number of rotatable bonds is 3. The molecule has 0 spiro atoms. The summed E-state index contributed by atoms with van der Waals surface area (Å²) in [6, 6.07) is 11.7. The minimum absolute atomic E-state index is 0.108. The average Bonchev–Trinajstić information content (AvgIpc) is 3.39. The molecule has 0 aromatic heterocycles. The fraction of sp³-hybridized carbons (Fsp3) is 0.211. The molecule has 1 saturated carbocycles. The first-order valence-electron chi connectivity index (χ1n) is 7.95. The number of carbonyl (C=O) groups excluding carboxylic acids is 1. The van der Waals surface area contributed by atoms with Gasteiger partial charge in [0.2, 0.25) is 5.91 Å². The lowest BCUT2D eigenvalue weighted by atomic mass is 9.97. The predicted octanol–water partition coefficient (Wildman–Crippen LogP) is 4.59. The summed E-state index contributed by atoms with van der Waals surface area (Å²) in [4.78, 5) is 11.9. The van der Waals surface area contributed by atoms with Gasteiger partial charge in [0.25, 0.3) is 0 Å². The number of benzene rings is 2. The van der Waals surface area contributed by atoms with Crippen molar-refractivity contribution < 1.29 is 4.79 Å². The van der Waals surface area contributed by atoms with Crippen LogP contribution in [0.25, 0.3) is 17.2 Å². The van der Waals surface area contributed by atoms with Crippen LogP contribution in [0.3, 0.4) is 0 Å². The summed E-state index contributed by atoms with van der Waals surface area (Å²) in [6.07, 6.45) is 3.96. The van der Waals surface area contributed by atoms with Crippen LogP contribution < -0.4 is 10.6 Å². The quantitative estimate of drug-likeness (QED) is 0.842. The molecule has 0 atom stereocenters. The van der Waals surface area contributed by atoms with Crippen LogP contribution in [0.2, 0.25) is 10.0 Å². The zero-order valence-corrected chi connectivity index (χ0v) is 14.4. The van der Waals surface area contributed by atoms with Crippen LogP contribution in [0.1, 0.15) is 24.0 Å². The molecule has 24 heavy (non-hydrogen) atoms. The van der Waals surface area contributed by atoms with Gasteiger partial charge in [0.05, 0.1) is 0 Å². The van der Waals surface area contributed by atoms with E-state index >= 15 is 0 Å². The van der Waals surface area contributed by atoms with Crippen molar-refractivity contribution in [3.8, 4) is 11.1 Å². The molecule has 2 aromatic rings. The molecular formula is C19H16Cl2N2O. The Morgan fingerprint density at radius 1 is 1.12 bits per heavy atom. The molecule has 122 valence electrons. The highest BCUT2D eigenvalue weighted by molar-refractivity contribution is 6.39. The highest BCUT2D eigenvalue weighted by Crippen LogP contribution is 2.36. The molecular weight excluding hydrogens is 343 g/mol. The fourth-order valence-corrected chi connectivity index (χ4v) is 3.50. The second-order valence-electron chi connectivity index (χ2n) is 6.19. The largest absolute Gasteiger partial charge is 0.367 e. The molecule has 2 aromatic carbocycles. The van der Waals surface area contributed by atoms with E-state index < -0.39 is 0 Å². The van der Waals surface area contributed by atoms with Crippen molar-refractivity contribution in [3.05, 3.63) is 63.4 Å². The second kappa shape index (κ2) is 6.15. The molecule has 0 radical (unpaired) electrons. The number of nitrogens with one attached hydrogen (secondary N) is 2. The smallest absolute Gasteiger partial charge is 0.228 e. The maximum atomic E-state index is 11.9. The summed E-state index contributed by atoms with van der Waals surface area (Å²) in [5.41, 5.74) is 4.07. The predicted molar refractivity (Wildman–Crippen MR) is 97.6 cm³/mol. The Labute approximate surface area is 150 Å². The van der Waals surface area contributed by atoms with Gasteiger partial charge in [-0.25, -0.2) is 0 Å². The van der Waals surface area contributed by atoms with E-state index in [0.29, 0.717) is 16.6 Å². The van der Waals surface area contributed by atoms with Crippen molar-refractivity contribution in [3.63, 3.8) is 0 Å². The first-order valence-corrected chi connectivity index (χ1v) is 8.71. The maximum absolute atomic E-state index is 11.9. The number of amides is 1. The van der Waals surface area contributed by atoms with E-state index in [4.69, 9.17) is 23.2 Å². The minimum Gasteiger partial charge on any atom is -0.367 e. The van der Waals surface area contributed by atoms with E-state index in [2.05, 4.69) is 16.7 Å². The van der Waals surface area contributed by atoms with Gasteiger partial charge in [0, 0.05) is 28.1 Å². The third-order valence-electron chi connectivity index (χ3n) is 4.37. The highest BCUT2D eigenvalue weighted by Gasteiger charge is 2.30. The number of halogens is 2. The van der Waals surface area contributed by atoms with Crippen molar-refractivity contribution in [1.82, 2.24) is 10.6 Å². The zero-order chi connectivity index (χ0) is 16.7. The van der Waals surface area contributed by atoms with E-state index in [1.165, 1.54) is 0 Å². The summed E-state index contributed by atoms with van der Waals surface area (Å²) >= 11 is 12.6. The van der Waals surface area contributed by atoms with E-state index in [0.717, 1.165) is 40.9 Å². The van der Waals surface area contributed by atoms with Crippen molar-refractivity contribution >= 4 is 35.2 Å². The minimum atomic E-state index is 0.108. The Kier molecular flexibility index (Phi) is 3.99.